The lowest BCUT2D eigenvalue weighted by molar-refractivity contribution is -0.153. The molecule has 220 valence electrons. The van der Waals surface area contributed by atoms with E-state index < -0.39 is 34.8 Å². The van der Waals surface area contributed by atoms with Gasteiger partial charge in [-0.3, -0.25) is 14.4 Å². The molecule has 2 amide bonds. The van der Waals surface area contributed by atoms with Crippen molar-refractivity contribution in [2.24, 2.45) is 5.41 Å². The summed E-state index contributed by atoms with van der Waals surface area (Å²) in [5.74, 6) is -1.82. The summed E-state index contributed by atoms with van der Waals surface area (Å²) in [5.41, 5.74) is 2.96. The number of hydrogen-bond donors (Lipinski definition) is 0. The van der Waals surface area contributed by atoms with Gasteiger partial charge in [-0.2, -0.15) is 0 Å². The van der Waals surface area contributed by atoms with E-state index in [1.54, 1.807) is 18.2 Å². The molecule has 2 bridgehead atoms. The molecule has 5 aromatic carbocycles. The Morgan fingerprint density at radius 3 is 1.80 bits per heavy atom. The fourth-order valence-electron chi connectivity index (χ4n) is 8.61. The van der Waals surface area contributed by atoms with E-state index in [1.807, 2.05) is 83.9 Å². The van der Waals surface area contributed by atoms with E-state index in [0.717, 1.165) is 38.0 Å². The van der Waals surface area contributed by atoms with Crippen molar-refractivity contribution >= 4 is 62.3 Å². The predicted octanol–water partition coefficient (Wildman–Crippen LogP) is 8.84. The van der Waals surface area contributed by atoms with Gasteiger partial charge in [0.25, 0.3) is 5.91 Å². The number of halogens is 3. The molecule has 2 saturated heterocycles. The number of benzene rings is 5. The minimum Gasteiger partial charge on any atom is -0.273 e. The summed E-state index contributed by atoms with van der Waals surface area (Å²) in [6.45, 7) is 0. The number of hydrogen-bond acceptors (Lipinski definition) is 4. The molecule has 0 spiro atoms. The minimum atomic E-state index is -1.62. The Bertz CT molecular complexity index is 2020. The summed E-state index contributed by atoms with van der Waals surface area (Å²) >= 11 is 16.6. The molecule has 10 rings (SSSR count). The molecule has 2 fully saturated rings. The molecule has 3 atom stereocenters. The van der Waals surface area contributed by atoms with Crippen LogP contribution in [0.15, 0.2) is 126 Å². The van der Waals surface area contributed by atoms with Crippen molar-refractivity contribution in [2.45, 2.75) is 23.5 Å². The van der Waals surface area contributed by atoms with Gasteiger partial charge in [0.15, 0.2) is 0 Å². The number of rotatable bonds is 3. The van der Waals surface area contributed by atoms with Crippen LogP contribution in [0.5, 0.6) is 0 Å². The molecule has 0 saturated carbocycles. The van der Waals surface area contributed by atoms with Gasteiger partial charge in [0, 0.05) is 20.4 Å². The monoisotopic (exact) mass is 692 g/mol. The Morgan fingerprint density at radius 1 is 0.622 bits per heavy atom. The zero-order valence-corrected chi connectivity index (χ0v) is 26.6. The Hall–Kier alpha value is -3.94. The highest BCUT2D eigenvalue weighted by Crippen LogP contribution is 2.77. The van der Waals surface area contributed by atoms with E-state index in [2.05, 4.69) is 40.2 Å². The van der Waals surface area contributed by atoms with E-state index in [1.165, 1.54) is 4.90 Å². The SMILES string of the molecule is O=C1N(c2cc(Cl)cc(Cl)c2)C(=O)C23C4c5ccccc5C(c5ccccc54)C12ON(c1ccccc1)C3c1cccc(Br)c1. The standard InChI is InChI=1S/C37H23BrCl2N2O3/c38-22-10-8-9-21(17-22)33-36-31-27-13-4-6-15-29(27)32(30-16-7-5-14-28(30)31)37(36,45-42(33)25-11-2-1-3-12-25)35(44)41(34(36)43)26-19-23(39)18-24(40)20-26/h1-20,31-33H. The fraction of sp³-hybridized carbons (Fsp3) is 0.135. The molecular weight excluding hydrogens is 671 g/mol. The molecule has 2 heterocycles. The van der Waals surface area contributed by atoms with Crippen LogP contribution in [0, 0.1) is 5.41 Å². The molecule has 0 N–H and O–H groups in total. The van der Waals surface area contributed by atoms with E-state index in [-0.39, 0.29) is 5.91 Å². The second-order valence-electron chi connectivity index (χ2n) is 12.0. The number of carbonyl (C=O) groups is 2. The van der Waals surface area contributed by atoms with E-state index in [9.17, 15) is 0 Å². The summed E-state index contributed by atoms with van der Waals surface area (Å²) < 4.78 is 0.860. The average Bonchev–Trinajstić information content (AvgIpc) is 3.48. The smallest absolute Gasteiger partial charge is 0.271 e. The molecule has 8 heteroatoms. The van der Waals surface area contributed by atoms with Crippen LogP contribution in [-0.4, -0.2) is 17.4 Å². The lowest BCUT2D eigenvalue weighted by Gasteiger charge is -2.55. The predicted molar refractivity (Wildman–Crippen MR) is 178 cm³/mol. The van der Waals surface area contributed by atoms with Crippen molar-refractivity contribution in [3.05, 3.63) is 164 Å². The molecule has 0 aromatic heterocycles. The zero-order valence-electron chi connectivity index (χ0n) is 23.5. The lowest BCUT2D eigenvalue weighted by Crippen LogP contribution is -2.63. The largest absolute Gasteiger partial charge is 0.273 e. The second-order valence-corrected chi connectivity index (χ2v) is 13.8. The van der Waals surface area contributed by atoms with Gasteiger partial charge in [0.2, 0.25) is 11.5 Å². The normalized spacial score (nSPS) is 27.3. The van der Waals surface area contributed by atoms with E-state index in [0.29, 0.717) is 15.7 Å². The first-order valence-corrected chi connectivity index (χ1v) is 16.2. The molecule has 5 aromatic rings. The highest BCUT2D eigenvalue weighted by Gasteiger charge is 2.87. The van der Waals surface area contributed by atoms with Gasteiger partial charge in [-0.15, -0.1) is 0 Å². The van der Waals surface area contributed by atoms with Crippen LogP contribution in [0.4, 0.5) is 11.4 Å². The van der Waals surface area contributed by atoms with Crippen molar-refractivity contribution in [1.29, 1.82) is 0 Å². The van der Waals surface area contributed by atoms with Gasteiger partial charge in [0.05, 0.1) is 17.3 Å². The van der Waals surface area contributed by atoms with Crippen LogP contribution >= 0.6 is 39.1 Å². The molecule has 3 unspecified atom stereocenters. The summed E-state index contributed by atoms with van der Waals surface area (Å²) in [6, 6.07) is 38.2. The summed E-state index contributed by atoms with van der Waals surface area (Å²) in [4.78, 5) is 39.7. The van der Waals surface area contributed by atoms with Gasteiger partial charge in [0.1, 0.15) is 11.5 Å². The number of para-hydroxylation sites is 1. The van der Waals surface area contributed by atoms with Crippen LogP contribution in [0.1, 0.15) is 45.7 Å². The molecule has 45 heavy (non-hydrogen) atoms. The molecule has 3 aliphatic carbocycles. The Kier molecular flexibility index (Phi) is 5.80. The van der Waals surface area contributed by atoms with Crippen LogP contribution < -0.4 is 9.96 Å². The van der Waals surface area contributed by atoms with Gasteiger partial charge in [-0.25, -0.2) is 9.96 Å². The van der Waals surface area contributed by atoms with Gasteiger partial charge < -0.3 is 0 Å². The third-order valence-electron chi connectivity index (χ3n) is 9.98. The van der Waals surface area contributed by atoms with Crippen LogP contribution in [0.3, 0.4) is 0 Å². The summed E-state index contributed by atoms with van der Waals surface area (Å²) in [5, 5.41) is 2.48. The van der Waals surface area contributed by atoms with Gasteiger partial charge in [-0.05, 0) is 70.3 Å². The van der Waals surface area contributed by atoms with Crippen LogP contribution in [0.25, 0.3) is 0 Å². The second kappa shape index (κ2) is 9.54. The fourth-order valence-corrected chi connectivity index (χ4v) is 9.54. The first-order valence-electron chi connectivity index (χ1n) is 14.7. The highest BCUT2D eigenvalue weighted by molar-refractivity contribution is 9.10. The molecular formula is C37H23BrCl2N2O3. The third-order valence-corrected chi connectivity index (χ3v) is 10.9. The van der Waals surface area contributed by atoms with Crippen molar-refractivity contribution < 1.29 is 14.4 Å². The van der Waals surface area contributed by atoms with Crippen LogP contribution in [0.2, 0.25) is 10.0 Å². The topological polar surface area (TPSA) is 49.9 Å². The number of imide groups is 1. The van der Waals surface area contributed by atoms with Crippen molar-refractivity contribution in [2.75, 3.05) is 9.96 Å². The maximum Gasteiger partial charge on any atom is 0.271 e. The Labute approximate surface area is 278 Å². The first kappa shape index (κ1) is 27.4. The third kappa shape index (κ3) is 3.33. The van der Waals surface area contributed by atoms with E-state index >= 15 is 9.59 Å². The number of amides is 2. The maximum atomic E-state index is 15.7. The van der Waals surface area contributed by atoms with Gasteiger partial charge >= 0.3 is 0 Å². The number of nitrogens with zero attached hydrogens (tertiary/aromatic N) is 2. The molecule has 0 radical (unpaired) electrons. The van der Waals surface area contributed by atoms with Crippen molar-refractivity contribution in [3.63, 3.8) is 0 Å². The molecule has 2 aliphatic heterocycles. The Balaban J connectivity index is 1.44. The van der Waals surface area contributed by atoms with E-state index in [4.69, 9.17) is 28.0 Å². The lowest BCUT2D eigenvalue weighted by atomic mass is 9.43. The van der Waals surface area contributed by atoms with Crippen LogP contribution in [-0.2, 0) is 14.4 Å². The molecule has 5 aliphatic rings. The molecule has 5 nitrogen and oxygen atoms in total. The van der Waals surface area contributed by atoms with Gasteiger partial charge in [-0.1, -0.05) is 118 Å². The highest BCUT2D eigenvalue weighted by atomic mass is 79.9. The number of hydroxylamine groups is 1. The summed E-state index contributed by atoms with van der Waals surface area (Å²) in [6.07, 6.45) is 0. The maximum absolute atomic E-state index is 15.7. The average molecular weight is 694 g/mol. The quantitative estimate of drug-likeness (QED) is 0.177. The number of carbonyl (C=O) groups excluding carboxylic acids is 2. The minimum absolute atomic E-state index is 0.327. The summed E-state index contributed by atoms with van der Waals surface area (Å²) in [7, 11) is 0. The van der Waals surface area contributed by atoms with Crippen molar-refractivity contribution in [1.82, 2.24) is 0 Å². The zero-order chi connectivity index (χ0) is 30.7. The first-order chi connectivity index (χ1) is 21.9. The Morgan fingerprint density at radius 2 is 1.20 bits per heavy atom. The number of anilines is 2. The van der Waals surface area contributed by atoms with Crippen molar-refractivity contribution in [3.8, 4) is 0 Å².